The zero-order valence-corrected chi connectivity index (χ0v) is 13.3. The van der Waals surface area contributed by atoms with Crippen molar-refractivity contribution in [3.63, 3.8) is 0 Å². The Balaban J connectivity index is 2.36. The molecule has 0 aliphatic rings. The Kier molecular flexibility index (Phi) is 5.09. The average Bonchev–Trinajstić information content (AvgIpc) is 2.44. The molecule has 1 aromatic carbocycles. The first-order valence-corrected chi connectivity index (χ1v) is 7.32. The molecule has 106 valence electrons. The van der Waals surface area contributed by atoms with Gasteiger partial charge >= 0.3 is 0 Å². The standard InChI is InChI=1S/C15H18BrN3O/c1-10-8-13(19-15(18-10)4-3-7-17)11-5-6-14(20-2)12(16)9-11/h5-6,8-9H,3-4,7,17H2,1-2H3. The third-order valence-electron chi connectivity index (χ3n) is 2.95. The van der Waals surface area contributed by atoms with Crippen molar-refractivity contribution in [2.45, 2.75) is 19.8 Å². The fraction of sp³-hybridized carbons (Fsp3) is 0.333. The lowest BCUT2D eigenvalue weighted by Gasteiger charge is -2.08. The predicted octanol–water partition coefficient (Wildman–Crippen LogP) is 3.11. The highest BCUT2D eigenvalue weighted by Gasteiger charge is 2.07. The first-order valence-electron chi connectivity index (χ1n) is 6.52. The number of aryl methyl sites for hydroxylation is 2. The molecule has 2 rings (SSSR count). The fourth-order valence-corrected chi connectivity index (χ4v) is 2.52. The van der Waals surface area contributed by atoms with Crippen LogP contribution >= 0.6 is 15.9 Å². The van der Waals surface area contributed by atoms with E-state index in [9.17, 15) is 0 Å². The molecule has 0 saturated heterocycles. The van der Waals surface area contributed by atoms with Gasteiger partial charge in [0.15, 0.2) is 0 Å². The largest absolute Gasteiger partial charge is 0.496 e. The van der Waals surface area contributed by atoms with Crippen molar-refractivity contribution in [3.05, 3.63) is 40.3 Å². The number of nitrogens with two attached hydrogens (primary N) is 1. The highest BCUT2D eigenvalue weighted by atomic mass is 79.9. The number of hydrogen-bond donors (Lipinski definition) is 1. The van der Waals surface area contributed by atoms with Gasteiger partial charge in [0.2, 0.25) is 0 Å². The number of hydrogen-bond acceptors (Lipinski definition) is 4. The Labute approximate surface area is 127 Å². The molecule has 2 aromatic rings. The van der Waals surface area contributed by atoms with Crippen LogP contribution in [0.2, 0.25) is 0 Å². The molecule has 2 N–H and O–H groups in total. The summed E-state index contributed by atoms with van der Waals surface area (Å²) in [6.45, 7) is 2.64. The summed E-state index contributed by atoms with van der Waals surface area (Å²) in [4.78, 5) is 9.06. The lowest BCUT2D eigenvalue weighted by Crippen LogP contribution is -2.04. The van der Waals surface area contributed by atoms with Crippen molar-refractivity contribution >= 4 is 15.9 Å². The Morgan fingerprint density at radius 1 is 1.25 bits per heavy atom. The number of halogens is 1. The van der Waals surface area contributed by atoms with Crippen LogP contribution in [0.4, 0.5) is 0 Å². The quantitative estimate of drug-likeness (QED) is 0.911. The highest BCUT2D eigenvalue weighted by molar-refractivity contribution is 9.10. The van der Waals surface area contributed by atoms with E-state index in [1.165, 1.54) is 0 Å². The maximum absolute atomic E-state index is 5.54. The maximum atomic E-state index is 5.54. The van der Waals surface area contributed by atoms with E-state index in [2.05, 4.69) is 25.9 Å². The summed E-state index contributed by atoms with van der Waals surface area (Å²) in [6, 6.07) is 7.92. The molecule has 0 radical (unpaired) electrons. The van der Waals surface area contributed by atoms with Gasteiger partial charge in [0.05, 0.1) is 17.3 Å². The van der Waals surface area contributed by atoms with E-state index in [4.69, 9.17) is 10.5 Å². The first-order chi connectivity index (χ1) is 9.63. The summed E-state index contributed by atoms with van der Waals surface area (Å²) in [7, 11) is 1.65. The van der Waals surface area contributed by atoms with Crippen LogP contribution in [0.25, 0.3) is 11.3 Å². The van der Waals surface area contributed by atoms with Gasteiger partial charge in [-0.15, -0.1) is 0 Å². The molecular weight excluding hydrogens is 318 g/mol. The lowest BCUT2D eigenvalue weighted by molar-refractivity contribution is 0.412. The van der Waals surface area contributed by atoms with Crippen LogP contribution in [0.1, 0.15) is 17.9 Å². The van der Waals surface area contributed by atoms with Crippen LogP contribution in [0.3, 0.4) is 0 Å². The molecule has 0 unspecified atom stereocenters. The Hall–Kier alpha value is -1.46. The van der Waals surface area contributed by atoms with Gasteiger partial charge < -0.3 is 10.5 Å². The summed E-state index contributed by atoms with van der Waals surface area (Å²) < 4.78 is 6.16. The maximum Gasteiger partial charge on any atom is 0.133 e. The Bertz CT molecular complexity index is 602. The van der Waals surface area contributed by atoms with Crippen LogP contribution in [0.5, 0.6) is 5.75 Å². The number of methoxy groups -OCH3 is 1. The molecule has 1 heterocycles. The number of benzene rings is 1. The second-order valence-electron chi connectivity index (χ2n) is 4.55. The van der Waals surface area contributed by atoms with Crippen LogP contribution in [0, 0.1) is 6.92 Å². The summed E-state index contributed by atoms with van der Waals surface area (Å²) in [5, 5.41) is 0. The third kappa shape index (κ3) is 3.55. The van der Waals surface area contributed by atoms with Crippen molar-refractivity contribution in [1.82, 2.24) is 9.97 Å². The third-order valence-corrected chi connectivity index (χ3v) is 3.57. The van der Waals surface area contributed by atoms with Gasteiger partial charge in [0.25, 0.3) is 0 Å². The predicted molar refractivity (Wildman–Crippen MR) is 83.8 cm³/mol. The molecule has 5 heteroatoms. The van der Waals surface area contributed by atoms with E-state index in [0.29, 0.717) is 6.54 Å². The molecule has 0 fully saturated rings. The van der Waals surface area contributed by atoms with Gasteiger partial charge in [0, 0.05) is 17.7 Å². The molecule has 0 aliphatic carbocycles. The number of aromatic nitrogens is 2. The van der Waals surface area contributed by atoms with Crippen LogP contribution < -0.4 is 10.5 Å². The molecule has 0 spiro atoms. The first kappa shape index (κ1) is 14.9. The minimum absolute atomic E-state index is 0.653. The van der Waals surface area contributed by atoms with E-state index >= 15 is 0 Å². The van der Waals surface area contributed by atoms with Crippen molar-refractivity contribution in [1.29, 1.82) is 0 Å². The molecule has 0 amide bonds. The van der Waals surface area contributed by atoms with E-state index in [1.807, 2.05) is 31.2 Å². The second kappa shape index (κ2) is 6.81. The summed E-state index contributed by atoms with van der Waals surface area (Å²) >= 11 is 3.50. The van der Waals surface area contributed by atoms with Crippen LogP contribution in [0.15, 0.2) is 28.7 Å². The van der Waals surface area contributed by atoms with Crippen molar-refractivity contribution < 1.29 is 4.74 Å². The summed E-state index contributed by atoms with van der Waals surface area (Å²) in [5.74, 6) is 1.65. The van der Waals surface area contributed by atoms with Gasteiger partial charge in [-0.1, -0.05) is 0 Å². The normalized spacial score (nSPS) is 10.6. The van der Waals surface area contributed by atoms with Crippen LogP contribution in [-0.4, -0.2) is 23.6 Å². The zero-order valence-electron chi connectivity index (χ0n) is 11.7. The highest BCUT2D eigenvalue weighted by Crippen LogP contribution is 2.29. The van der Waals surface area contributed by atoms with Gasteiger partial charge in [-0.25, -0.2) is 9.97 Å². The summed E-state index contributed by atoms with van der Waals surface area (Å²) in [6.07, 6.45) is 1.71. The fourth-order valence-electron chi connectivity index (χ4n) is 1.98. The molecule has 1 aromatic heterocycles. The van der Waals surface area contributed by atoms with Crippen LogP contribution in [-0.2, 0) is 6.42 Å². The number of nitrogens with zero attached hydrogens (tertiary/aromatic N) is 2. The summed E-state index contributed by atoms with van der Waals surface area (Å²) in [5.41, 5.74) is 8.47. The van der Waals surface area contributed by atoms with Crippen molar-refractivity contribution in [2.24, 2.45) is 5.73 Å². The number of rotatable bonds is 5. The monoisotopic (exact) mass is 335 g/mol. The van der Waals surface area contributed by atoms with Gasteiger partial charge in [0.1, 0.15) is 11.6 Å². The van der Waals surface area contributed by atoms with Crippen molar-refractivity contribution in [2.75, 3.05) is 13.7 Å². The number of ether oxygens (including phenoxy) is 1. The SMILES string of the molecule is COc1ccc(-c2cc(C)nc(CCCN)n2)cc1Br. The molecular formula is C15H18BrN3O. The van der Waals surface area contributed by atoms with Gasteiger partial charge in [-0.2, -0.15) is 0 Å². The zero-order chi connectivity index (χ0) is 14.5. The molecule has 0 bridgehead atoms. The van der Waals surface area contributed by atoms with E-state index in [1.54, 1.807) is 7.11 Å². The van der Waals surface area contributed by atoms with Crippen molar-refractivity contribution in [3.8, 4) is 17.0 Å². The van der Waals surface area contributed by atoms with Gasteiger partial charge in [-0.05, 0) is 60.1 Å². The minimum atomic E-state index is 0.653. The minimum Gasteiger partial charge on any atom is -0.496 e. The van der Waals surface area contributed by atoms with E-state index < -0.39 is 0 Å². The molecule has 0 atom stereocenters. The smallest absolute Gasteiger partial charge is 0.133 e. The molecule has 20 heavy (non-hydrogen) atoms. The molecule has 0 saturated carbocycles. The molecule has 0 aliphatic heterocycles. The second-order valence-corrected chi connectivity index (χ2v) is 5.41. The van der Waals surface area contributed by atoms with Gasteiger partial charge in [-0.3, -0.25) is 0 Å². The topological polar surface area (TPSA) is 61.0 Å². The van der Waals surface area contributed by atoms with E-state index in [-0.39, 0.29) is 0 Å². The average molecular weight is 336 g/mol. The lowest BCUT2D eigenvalue weighted by atomic mass is 10.1. The molecule has 4 nitrogen and oxygen atoms in total. The van der Waals surface area contributed by atoms with E-state index in [0.717, 1.165) is 45.8 Å². The Morgan fingerprint density at radius 2 is 2.05 bits per heavy atom. The Morgan fingerprint density at radius 3 is 2.70 bits per heavy atom.